The Labute approximate surface area is 188 Å². The lowest BCUT2D eigenvalue weighted by Crippen LogP contribution is -2.64. The molecule has 0 radical (unpaired) electrons. The third-order valence-electron chi connectivity index (χ3n) is 9.41. The molecule has 176 valence electrons. The van der Waals surface area contributed by atoms with Crippen molar-refractivity contribution in [2.24, 2.45) is 34.3 Å². The molecule has 1 heterocycles. The van der Waals surface area contributed by atoms with E-state index in [4.69, 9.17) is 5.73 Å². The van der Waals surface area contributed by atoms with Crippen LogP contribution in [0.5, 0.6) is 0 Å². The van der Waals surface area contributed by atoms with Crippen molar-refractivity contribution < 1.29 is 18.0 Å². The number of halogens is 3. The minimum Gasteiger partial charge on any atom is -0.342 e. The second kappa shape index (κ2) is 7.22. The number of carbonyl (C=O) groups is 1. The molecule has 5 fully saturated rings. The Morgan fingerprint density at radius 3 is 2.28 bits per heavy atom. The molecule has 1 amide bonds. The van der Waals surface area contributed by atoms with Crippen LogP contribution in [0.25, 0.3) is 0 Å². The van der Waals surface area contributed by atoms with Gasteiger partial charge < -0.3 is 10.6 Å². The van der Waals surface area contributed by atoms with Crippen molar-refractivity contribution >= 4 is 5.91 Å². The fourth-order valence-corrected chi connectivity index (χ4v) is 8.11. The van der Waals surface area contributed by atoms with Crippen LogP contribution in [-0.2, 0) is 10.2 Å². The lowest BCUT2D eigenvalue weighted by atomic mass is 9.39. The molecule has 1 saturated heterocycles. The fourth-order valence-electron chi connectivity index (χ4n) is 8.11. The molecule has 3 atom stereocenters. The molecule has 4 aliphatic carbocycles. The average molecular weight is 449 g/mol. The summed E-state index contributed by atoms with van der Waals surface area (Å²) in [7, 11) is 0. The topological polar surface area (TPSA) is 46.3 Å². The normalized spacial score (nSPS) is 40.5. The molecule has 5 aliphatic rings. The van der Waals surface area contributed by atoms with E-state index in [0.29, 0.717) is 25.9 Å². The highest BCUT2D eigenvalue weighted by molar-refractivity contribution is 5.84. The van der Waals surface area contributed by atoms with Crippen molar-refractivity contribution in [3.05, 3.63) is 35.9 Å². The zero-order valence-electron chi connectivity index (χ0n) is 19.1. The van der Waals surface area contributed by atoms with Crippen LogP contribution in [0.1, 0.15) is 64.4 Å². The molecule has 0 aromatic heterocycles. The molecule has 6 rings (SSSR count). The highest BCUT2D eigenvalue weighted by atomic mass is 19.4. The third-order valence-corrected chi connectivity index (χ3v) is 9.41. The smallest absolute Gasteiger partial charge is 0.342 e. The highest BCUT2D eigenvalue weighted by Gasteiger charge is 2.65. The van der Waals surface area contributed by atoms with Crippen LogP contribution in [0.15, 0.2) is 30.3 Å². The zero-order chi connectivity index (χ0) is 22.9. The van der Waals surface area contributed by atoms with Crippen LogP contribution in [-0.4, -0.2) is 36.1 Å². The first-order valence-corrected chi connectivity index (χ1v) is 12.1. The number of amides is 1. The van der Waals surface area contributed by atoms with Crippen LogP contribution < -0.4 is 5.73 Å². The van der Waals surface area contributed by atoms with Crippen LogP contribution in [0, 0.1) is 28.6 Å². The predicted molar refractivity (Wildman–Crippen MR) is 118 cm³/mol. The number of benzene rings is 1. The summed E-state index contributed by atoms with van der Waals surface area (Å²) in [4.78, 5) is 16.1. The highest BCUT2D eigenvalue weighted by Crippen LogP contribution is 2.69. The Balaban J connectivity index is 1.49. The average Bonchev–Trinajstić information content (AvgIpc) is 2.72. The fraction of sp³-hybridized carbons (Fsp3) is 0.731. The molecule has 1 aliphatic heterocycles. The zero-order valence-corrected chi connectivity index (χ0v) is 19.1. The summed E-state index contributed by atoms with van der Waals surface area (Å²) >= 11 is 0. The van der Waals surface area contributed by atoms with Gasteiger partial charge in [-0.05, 0) is 72.7 Å². The van der Waals surface area contributed by atoms with Gasteiger partial charge in [-0.3, -0.25) is 4.79 Å². The van der Waals surface area contributed by atoms with Crippen molar-refractivity contribution in [2.45, 2.75) is 76.4 Å². The molecule has 2 unspecified atom stereocenters. The van der Waals surface area contributed by atoms with E-state index in [-0.39, 0.29) is 40.5 Å². The monoisotopic (exact) mass is 448 g/mol. The Morgan fingerprint density at radius 2 is 1.72 bits per heavy atom. The summed E-state index contributed by atoms with van der Waals surface area (Å²) in [5.74, 6) is -0.249. The van der Waals surface area contributed by atoms with Crippen LogP contribution >= 0.6 is 0 Å². The summed E-state index contributed by atoms with van der Waals surface area (Å²) in [6.45, 7) is 5.52. The van der Waals surface area contributed by atoms with Crippen LogP contribution in [0.3, 0.4) is 0 Å². The third kappa shape index (κ3) is 3.57. The van der Waals surface area contributed by atoms with E-state index in [1.807, 2.05) is 23.1 Å². The second-order valence-corrected chi connectivity index (χ2v) is 12.0. The lowest BCUT2D eigenvalue weighted by Gasteiger charge is -2.65. The Hall–Kier alpha value is -1.56. The molecule has 6 heteroatoms. The summed E-state index contributed by atoms with van der Waals surface area (Å²) in [6.07, 6.45) is -0.520. The van der Waals surface area contributed by atoms with Gasteiger partial charge in [0.05, 0.1) is 5.41 Å². The van der Waals surface area contributed by atoms with Crippen molar-refractivity contribution in [1.29, 1.82) is 0 Å². The Bertz CT molecular complexity index is 865. The summed E-state index contributed by atoms with van der Waals surface area (Å²) in [5.41, 5.74) is 6.67. The van der Waals surface area contributed by atoms with Gasteiger partial charge in [0.25, 0.3) is 0 Å². The molecule has 0 spiro atoms. The van der Waals surface area contributed by atoms with Crippen molar-refractivity contribution in [1.82, 2.24) is 4.90 Å². The van der Waals surface area contributed by atoms with Crippen molar-refractivity contribution in [3.8, 4) is 0 Å². The maximum absolute atomic E-state index is 14.1. The maximum Gasteiger partial charge on any atom is 0.389 e. The van der Waals surface area contributed by atoms with E-state index in [1.54, 1.807) is 0 Å². The number of likely N-dealkylation sites (tertiary alicyclic amines) is 1. The molecule has 2 N–H and O–H groups in total. The van der Waals surface area contributed by atoms with Gasteiger partial charge >= 0.3 is 6.18 Å². The molecule has 1 aromatic rings. The first-order chi connectivity index (χ1) is 14.9. The molecular formula is C26H35F3N2O. The van der Waals surface area contributed by atoms with Gasteiger partial charge in [0.1, 0.15) is 0 Å². The van der Waals surface area contributed by atoms with Gasteiger partial charge in [-0.1, -0.05) is 44.2 Å². The lowest BCUT2D eigenvalue weighted by molar-refractivity contribution is -0.194. The van der Waals surface area contributed by atoms with Crippen LogP contribution in [0.4, 0.5) is 13.2 Å². The quantitative estimate of drug-likeness (QED) is 0.683. The van der Waals surface area contributed by atoms with E-state index < -0.39 is 18.0 Å². The number of nitrogens with two attached hydrogens (primary N) is 1. The number of rotatable bonds is 3. The SMILES string of the molecule is CC1(C)CN(C(=O)C23CC4CC(c5ccccc5)(CC(C2)C4CC(F)(F)F)C3)CC[C@@H]1N. The molecule has 4 bridgehead atoms. The van der Waals surface area contributed by atoms with E-state index in [9.17, 15) is 18.0 Å². The molecule has 4 saturated carbocycles. The molecular weight excluding hydrogens is 413 g/mol. The number of hydrogen-bond acceptors (Lipinski definition) is 2. The summed E-state index contributed by atoms with van der Waals surface area (Å²) in [6, 6.07) is 10.3. The molecule has 1 aromatic carbocycles. The largest absolute Gasteiger partial charge is 0.389 e. The summed E-state index contributed by atoms with van der Waals surface area (Å²) in [5, 5.41) is 0. The van der Waals surface area contributed by atoms with Gasteiger partial charge in [0.15, 0.2) is 0 Å². The molecule has 32 heavy (non-hydrogen) atoms. The van der Waals surface area contributed by atoms with Crippen molar-refractivity contribution in [3.63, 3.8) is 0 Å². The Kier molecular flexibility index (Phi) is 5.02. The number of hydrogen-bond donors (Lipinski definition) is 1. The number of alkyl halides is 3. The van der Waals surface area contributed by atoms with E-state index in [2.05, 4.69) is 26.0 Å². The van der Waals surface area contributed by atoms with E-state index in [0.717, 1.165) is 25.7 Å². The number of nitrogens with zero attached hydrogens (tertiary/aromatic N) is 1. The van der Waals surface area contributed by atoms with Crippen molar-refractivity contribution in [2.75, 3.05) is 13.1 Å². The summed E-state index contributed by atoms with van der Waals surface area (Å²) < 4.78 is 40.4. The van der Waals surface area contributed by atoms with Gasteiger partial charge in [-0.15, -0.1) is 0 Å². The minimum absolute atomic E-state index is 0.0397. The van der Waals surface area contributed by atoms with Gasteiger partial charge in [-0.25, -0.2) is 0 Å². The van der Waals surface area contributed by atoms with E-state index >= 15 is 0 Å². The Morgan fingerprint density at radius 1 is 1.09 bits per heavy atom. The minimum atomic E-state index is -4.15. The number of carbonyl (C=O) groups excluding carboxylic acids is 1. The first kappa shape index (κ1) is 22.2. The molecule has 3 nitrogen and oxygen atoms in total. The van der Waals surface area contributed by atoms with Gasteiger partial charge in [0.2, 0.25) is 5.91 Å². The first-order valence-electron chi connectivity index (χ1n) is 12.1. The van der Waals surface area contributed by atoms with Crippen LogP contribution in [0.2, 0.25) is 0 Å². The number of piperidine rings is 1. The standard InChI is InChI=1S/C26H35F3N2O/c1-23(2)16-31(9-8-21(23)30)22(32)25-12-17-10-24(15-25,19-6-4-3-5-7-19)11-18(13-25)20(17)14-26(27,28)29/h3-7,17-18,20-21H,8-16,30H2,1-2H3/t17?,18?,20?,21-,24?,25?/m0/s1. The predicted octanol–water partition coefficient (Wildman–Crippen LogP) is 5.29. The second-order valence-electron chi connectivity index (χ2n) is 12.0. The van der Waals surface area contributed by atoms with E-state index in [1.165, 1.54) is 5.56 Å². The maximum atomic E-state index is 14.1. The van der Waals surface area contributed by atoms with Gasteiger partial charge in [-0.2, -0.15) is 13.2 Å². The van der Waals surface area contributed by atoms with Gasteiger partial charge in [0, 0.05) is 25.6 Å².